The highest BCUT2D eigenvalue weighted by Crippen LogP contribution is 2.19. The second-order valence-electron chi connectivity index (χ2n) is 4.74. The molecule has 2 rings (SSSR count). The van der Waals surface area contributed by atoms with Crippen molar-refractivity contribution < 1.29 is 14.3 Å². The predicted octanol–water partition coefficient (Wildman–Crippen LogP) is 3.88. The van der Waals surface area contributed by atoms with E-state index in [0.29, 0.717) is 23.7 Å². The molecule has 4 nitrogen and oxygen atoms in total. The van der Waals surface area contributed by atoms with Gasteiger partial charge in [-0.25, -0.2) is 0 Å². The van der Waals surface area contributed by atoms with Gasteiger partial charge in [-0.05, 0) is 42.8 Å². The van der Waals surface area contributed by atoms with Gasteiger partial charge in [0, 0.05) is 5.56 Å². The average molecular weight is 307 g/mol. The Morgan fingerprint density at radius 1 is 1.17 bits per heavy atom. The van der Waals surface area contributed by atoms with Crippen LogP contribution in [0, 0.1) is 11.3 Å². The smallest absolute Gasteiger partial charge is 0.203 e. The highest BCUT2D eigenvalue weighted by atomic mass is 16.5. The maximum Gasteiger partial charge on any atom is 0.203 e. The number of hydrogen-bond donors (Lipinski definition) is 0. The summed E-state index contributed by atoms with van der Waals surface area (Å²) in [5.74, 6) is 0.937. The number of Topliss-reactive ketones (excluding diaryl/α,β-unsaturated/α-hetero) is 1. The average Bonchev–Trinajstić information content (AvgIpc) is 2.60. The van der Waals surface area contributed by atoms with Crippen molar-refractivity contribution in [1.82, 2.24) is 0 Å². The number of carbonyl (C=O) groups excluding carboxylic acids is 1. The Bertz CT molecular complexity index is 772. The van der Waals surface area contributed by atoms with Crippen molar-refractivity contribution in [1.29, 1.82) is 5.26 Å². The second kappa shape index (κ2) is 7.81. The fourth-order valence-electron chi connectivity index (χ4n) is 2.10. The number of nitriles is 1. The lowest BCUT2D eigenvalue weighted by molar-refractivity contribution is 0.103. The summed E-state index contributed by atoms with van der Waals surface area (Å²) in [6.07, 6.45) is 1.56. The van der Waals surface area contributed by atoms with Crippen molar-refractivity contribution in [3.63, 3.8) is 0 Å². The predicted molar refractivity (Wildman–Crippen MR) is 88.5 cm³/mol. The van der Waals surface area contributed by atoms with Crippen molar-refractivity contribution in [2.24, 2.45) is 0 Å². The lowest BCUT2D eigenvalue weighted by Gasteiger charge is -2.05. The molecular weight excluding hydrogens is 290 g/mol. The van der Waals surface area contributed by atoms with Crippen molar-refractivity contribution >= 4 is 11.9 Å². The van der Waals surface area contributed by atoms with Crippen LogP contribution >= 0.6 is 0 Å². The quantitative estimate of drug-likeness (QED) is 0.461. The normalized spacial score (nSPS) is 10.7. The SMILES string of the molecule is CCOc1cccc(/C=C(\C#N)C(=O)c2cccc(OC)c2)c1. The van der Waals surface area contributed by atoms with E-state index in [9.17, 15) is 10.1 Å². The molecule has 4 heteroatoms. The van der Waals surface area contributed by atoms with Crippen LogP contribution in [0.1, 0.15) is 22.8 Å². The number of ether oxygens (including phenoxy) is 2. The summed E-state index contributed by atoms with van der Waals surface area (Å²) < 4.78 is 10.5. The third-order valence-electron chi connectivity index (χ3n) is 3.18. The zero-order chi connectivity index (χ0) is 16.7. The van der Waals surface area contributed by atoms with E-state index >= 15 is 0 Å². The molecule has 0 aliphatic heterocycles. The first-order chi connectivity index (χ1) is 11.2. The summed E-state index contributed by atoms with van der Waals surface area (Å²) in [4.78, 5) is 12.5. The van der Waals surface area contributed by atoms with Gasteiger partial charge in [0.25, 0.3) is 0 Å². The standard InChI is InChI=1S/C19H17NO3/c1-3-23-18-9-4-6-14(11-18)10-16(13-20)19(21)15-7-5-8-17(12-15)22-2/h4-12H,3H2,1-2H3/b16-10+. The van der Waals surface area contributed by atoms with Crippen LogP contribution in [-0.4, -0.2) is 19.5 Å². The zero-order valence-electron chi connectivity index (χ0n) is 13.1. The van der Waals surface area contributed by atoms with Gasteiger partial charge >= 0.3 is 0 Å². The summed E-state index contributed by atoms with van der Waals surface area (Å²) in [6, 6.07) is 16.0. The Morgan fingerprint density at radius 3 is 2.61 bits per heavy atom. The zero-order valence-corrected chi connectivity index (χ0v) is 13.1. The number of ketones is 1. The first kappa shape index (κ1) is 16.3. The van der Waals surface area contributed by atoms with Gasteiger partial charge in [-0.2, -0.15) is 5.26 Å². The van der Waals surface area contributed by atoms with Gasteiger partial charge in [-0.1, -0.05) is 24.3 Å². The highest BCUT2D eigenvalue weighted by molar-refractivity contribution is 6.14. The second-order valence-corrected chi connectivity index (χ2v) is 4.74. The van der Waals surface area contributed by atoms with E-state index in [2.05, 4.69) is 0 Å². The minimum Gasteiger partial charge on any atom is -0.497 e. The Labute approximate surface area is 135 Å². The molecule has 23 heavy (non-hydrogen) atoms. The molecule has 0 N–H and O–H groups in total. The molecule has 2 aromatic carbocycles. The van der Waals surface area contributed by atoms with Crippen LogP contribution in [0.4, 0.5) is 0 Å². The van der Waals surface area contributed by atoms with E-state index in [4.69, 9.17) is 9.47 Å². The molecule has 0 saturated heterocycles. The molecule has 0 radical (unpaired) electrons. The van der Waals surface area contributed by atoms with Crippen molar-refractivity contribution in [3.05, 3.63) is 65.2 Å². The molecule has 0 saturated carbocycles. The van der Waals surface area contributed by atoms with Gasteiger partial charge in [0.1, 0.15) is 23.1 Å². The number of hydrogen-bond acceptors (Lipinski definition) is 4. The van der Waals surface area contributed by atoms with Crippen LogP contribution in [-0.2, 0) is 0 Å². The summed E-state index contributed by atoms with van der Waals surface area (Å²) in [5.41, 5.74) is 1.22. The van der Waals surface area contributed by atoms with Gasteiger partial charge in [-0.15, -0.1) is 0 Å². The van der Waals surface area contributed by atoms with E-state index in [0.717, 1.165) is 5.56 Å². The maximum atomic E-state index is 12.5. The van der Waals surface area contributed by atoms with Gasteiger partial charge in [0.2, 0.25) is 5.78 Å². The van der Waals surface area contributed by atoms with E-state index in [-0.39, 0.29) is 11.4 Å². The molecule has 0 spiro atoms. The third kappa shape index (κ3) is 4.21. The van der Waals surface area contributed by atoms with E-state index in [1.54, 1.807) is 36.4 Å². The molecule has 116 valence electrons. The molecule has 0 atom stereocenters. The number of allylic oxidation sites excluding steroid dienone is 1. The van der Waals surface area contributed by atoms with Crippen LogP contribution in [0.5, 0.6) is 11.5 Å². The lowest BCUT2D eigenvalue weighted by Crippen LogP contribution is -2.02. The maximum absolute atomic E-state index is 12.5. The number of benzene rings is 2. The molecule has 0 aliphatic rings. The Morgan fingerprint density at radius 2 is 1.91 bits per heavy atom. The van der Waals surface area contributed by atoms with Crippen LogP contribution in [0.25, 0.3) is 6.08 Å². The molecule has 0 amide bonds. The summed E-state index contributed by atoms with van der Waals surface area (Å²) in [7, 11) is 1.53. The van der Waals surface area contributed by atoms with Gasteiger partial charge in [0.05, 0.1) is 13.7 Å². The van der Waals surface area contributed by atoms with Crippen molar-refractivity contribution in [2.45, 2.75) is 6.92 Å². The summed E-state index contributed by atoms with van der Waals surface area (Å²) in [5, 5.41) is 9.32. The van der Waals surface area contributed by atoms with Gasteiger partial charge in [0.15, 0.2) is 0 Å². The Hall–Kier alpha value is -3.06. The molecule has 0 aromatic heterocycles. The summed E-state index contributed by atoms with van der Waals surface area (Å²) >= 11 is 0. The van der Waals surface area contributed by atoms with Crippen LogP contribution in [0.3, 0.4) is 0 Å². The fraction of sp³-hybridized carbons (Fsp3) is 0.158. The summed E-state index contributed by atoms with van der Waals surface area (Å²) in [6.45, 7) is 2.45. The minimum atomic E-state index is -0.340. The number of nitrogens with zero attached hydrogens (tertiary/aromatic N) is 1. The van der Waals surface area contributed by atoms with Crippen molar-refractivity contribution in [2.75, 3.05) is 13.7 Å². The highest BCUT2D eigenvalue weighted by Gasteiger charge is 2.13. The molecule has 2 aromatic rings. The van der Waals surface area contributed by atoms with Crippen molar-refractivity contribution in [3.8, 4) is 17.6 Å². The molecule has 0 aliphatic carbocycles. The fourth-order valence-corrected chi connectivity index (χ4v) is 2.10. The van der Waals surface area contributed by atoms with Crippen LogP contribution in [0.2, 0.25) is 0 Å². The molecule has 0 unspecified atom stereocenters. The monoisotopic (exact) mass is 307 g/mol. The van der Waals surface area contributed by atoms with Gasteiger partial charge < -0.3 is 9.47 Å². The molecule has 0 heterocycles. The van der Waals surface area contributed by atoms with Crippen LogP contribution in [0.15, 0.2) is 54.1 Å². The van der Waals surface area contributed by atoms with E-state index < -0.39 is 0 Å². The third-order valence-corrected chi connectivity index (χ3v) is 3.18. The Balaban J connectivity index is 2.33. The molecule has 0 fully saturated rings. The minimum absolute atomic E-state index is 0.0619. The topological polar surface area (TPSA) is 59.3 Å². The molecular formula is C19H17NO3. The van der Waals surface area contributed by atoms with E-state index in [1.807, 2.05) is 31.2 Å². The molecule has 0 bridgehead atoms. The first-order valence-corrected chi connectivity index (χ1v) is 7.21. The van der Waals surface area contributed by atoms with Crippen LogP contribution < -0.4 is 9.47 Å². The lowest BCUT2D eigenvalue weighted by atomic mass is 10.0. The number of carbonyl (C=O) groups is 1. The van der Waals surface area contributed by atoms with Gasteiger partial charge in [-0.3, -0.25) is 4.79 Å². The largest absolute Gasteiger partial charge is 0.497 e. The first-order valence-electron chi connectivity index (χ1n) is 7.21. The number of rotatable bonds is 6. The van der Waals surface area contributed by atoms with E-state index in [1.165, 1.54) is 7.11 Å². The number of methoxy groups -OCH3 is 1. The Kier molecular flexibility index (Phi) is 5.54.